The van der Waals surface area contributed by atoms with Crippen molar-refractivity contribution in [2.45, 2.75) is 25.0 Å². The van der Waals surface area contributed by atoms with E-state index in [9.17, 15) is 9.59 Å². The van der Waals surface area contributed by atoms with Crippen LogP contribution >= 0.6 is 11.8 Å². The molecule has 4 aromatic rings. The van der Waals surface area contributed by atoms with Gasteiger partial charge >= 0.3 is 0 Å². The number of para-hydroxylation sites is 2. The Morgan fingerprint density at radius 2 is 1.90 bits per heavy atom. The lowest BCUT2D eigenvalue weighted by molar-refractivity contribution is -0.119. The summed E-state index contributed by atoms with van der Waals surface area (Å²) in [6.07, 6.45) is 0. The van der Waals surface area contributed by atoms with Gasteiger partial charge in [0.2, 0.25) is 11.7 Å². The van der Waals surface area contributed by atoms with Gasteiger partial charge in [-0.05, 0) is 37.6 Å². The molecule has 1 unspecified atom stereocenters. The number of nitrogens with zero attached hydrogens (tertiary/aromatic N) is 4. The van der Waals surface area contributed by atoms with E-state index in [1.165, 1.54) is 11.8 Å². The molecule has 0 aliphatic heterocycles. The highest BCUT2D eigenvalue weighted by atomic mass is 32.2. The largest absolute Gasteiger partial charge is 0.383 e. The molecular formula is C22H23N5O3S. The SMILES string of the molecule is COCC(C)NC(=O)CSc1nnc2n(-c3ccccc3C)c(=O)c3ccccc3n12. The lowest BCUT2D eigenvalue weighted by Crippen LogP contribution is -2.36. The van der Waals surface area contributed by atoms with Gasteiger partial charge in [0, 0.05) is 13.2 Å². The predicted molar refractivity (Wildman–Crippen MR) is 121 cm³/mol. The zero-order valence-corrected chi connectivity index (χ0v) is 18.3. The van der Waals surface area contributed by atoms with Crippen molar-refractivity contribution in [1.29, 1.82) is 0 Å². The number of hydrogen-bond acceptors (Lipinski definition) is 6. The van der Waals surface area contributed by atoms with Gasteiger partial charge in [0.15, 0.2) is 5.16 Å². The van der Waals surface area contributed by atoms with E-state index in [4.69, 9.17) is 4.74 Å². The first-order valence-electron chi connectivity index (χ1n) is 9.87. The number of aryl methyl sites for hydroxylation is 1. The highest BCUT2D eigenvalue weighted by Gasteiger charge is 2.19. The minimum absolute atomic E-state index is 0.0830. The average molecular weight is 438 g/mol. The molecule has 160 valence electrons. The standard InChI is InChI=1S/C22H23N5O3S/c1-14-8-4-6-10-17(14)26-20(29)16-9-5-7-11-18(16)27-21(26)24-25-22(27)31-13-19(28)23-15(2)12-30-3/h4-11,15H,12-13H2,1-3H3,(H,23,28). The molecule has 4 rings (SSSR count). The maximum absolute atomic E-state index is 13.4. The Labute approximate surface area is 183 Å². The second kappa shape index (κ2) is 8.91. The van der Waals surface area contributed by atoms with Crippen molar-refractivity contribution < 1.29 is 9.53 Å². The molecule has 1 N–H and O–H groups in total. The number of fused-ring (bicyclic) bond motifs is 3. The summed E-state index contributed by atoms with van der Waals surface area (Å²) in [4.78, 5) is 25.7. The van der Waals surface area contributed by atoms with Gasteiger partial charge in [-0.25, -0.2) is 4.57 Å². The highest BCUT2D eigenvalue weighted by molar-refractivity contribution is 7.99. The lowest BCUT2D eigenvalue weighted by atomic mass is 10.2. The molecule has 9 heteroatoms. The molecule has 0 radical (unpaired) electrons. The first kappa shape index (κ1) is 21.1. The normalized spacial score (nSPS) is 12.4. The molecule has 0 saturated heterocycles. The smallest absolute Gasteiger partial charge is 0.267 e. The maximum Gasteiger partial charge on any atom is 0.267 e. The van der Waals surface area contributed by atoms with Crippen LogP contribution < -0.4 is 10.9 Å². The van der Waals surface area contributed by atoms with Crippen LogP contribution in [0.1, 0.15) is 12.5 Å². The number of nitrogens with one attached hydrogen (secondary N) is 1. The van der Waals surface area contributed by atoms with Crippen molar-refractivity contribution in [2.24, 2.45) is 0 Å². The zero-order chi connectivity index (χ0) is 22.0. The van der Waals surface area contributed by atoms with Gasteiger partial charge in [0.1, 0.15) is 0 Å². The highest BCUT2D eigenvalue weighted by Crippen LogP contribution is 2.24. The van der Waals surface area contributed by atoms with Crippen molar-refractivity contribution in [1.82, 2.24) is 24.5 Å². The Bertz CT molecular complexity index is 1310. The van der Waals surface area contributed by atoms with Gasteiger partial charge < -0.3 is 10.1 Å². The predicted octanol–water partition coefficient (Wildman–Crippen LogP) is 2.59. The number of aromatic nitrogens is 4. The van der Waals surface area contributed by atoms with Crippen molar-refractivity contribution in [3.8, 4) is 5.69 Å². The number of ether oxygens (including phenoxy) is 1. The van der Waals surface area contributed by atoms with Crippen LogP contribution in [0.5, 0.6) is 0 Å². The van der Waals surface area contributed by atoms with Gasteiger partial charge in [0.05, 0.1) is 29.0 Å². The average Bonchev–Trinajstić information content (AvgIpc) is 3.17. The summed E-state index contributed by atoms with van der Waals surface area (Å²) in [7, 11) is 1.60. The maximum atomic E-state index is 13.4. The first-order valence-corrected chi connectivity index (χ1v) is 10.9. The first-order chi connectivity index (χ1) is 15.0. The van der Waals surface area contributed by atoms with Gasteiger partial charge in [-0.2, -0.15) is 0 Å². The third-order valence-corrected chi connectivity index (χ3v) is 5.84. The minimum atomic E-state index is -0.160. The fourth-order valence-corrected chi connectivity index (χ4v) is 4.29. The Morgan fingerprint density at radius 3 is 2.68 bits per heavy atom. The van der Waals surface area contributed by atoms with Crippen LogP contribution in [-0.4, -0.2) is 50.6 Å². The van der Waals surface area contributed by atoms with Gasteiger partial charge in [-0.3, -0.25) is 14.0 Å². The molecule has 1 amide bonds. The van der Waals surface area contributed by atoms with Crippen molar-refractivity contribution in [3.05, 3.63) is 64.4 Å². The lowest BCUT2D eigenvalue weighted by Gasteiger charge is -2.13. The summed E-state index contributed by atoms with van der Waals surface area (Å²) in [6, 6.07) is 14.9. The Balaban J connectivity index is 1.80. The van der Waals surface area contributed by atoms with Gasteiger partial charge in [-0.15, -0.1) is 10.2 Å². The summed E-state index contributed by atoms with van der Waals surface area (Å²) in [5.74, 6) is 0.462. The summed E-state index contributed by atoms with van der Waals surface area (Å²) >= 11 is 1.27. The molecular weight excluding hydrogens is 414 g/mol. The molecule has 0 bridgehead atoms. The van der Waals surface area contributed by atoms with Crippen LogP contribution in [0.15, 0.2) is 58.5 Å². The Kier molecular flexibility index (Phi) is 6.06. The van der Waals surface area contributed by atoms with Crippen LogP contribution in [0, 0.1) is 6.92 Å². The minimum Gasteiger partial charge on any atom is -0.383 e. The summed E-state index contributed by atoms with van der Waals surface area (Å²) < 4.78 is 8.47. The second-order valence-electron chi connectivity index (χ2n) is 7.27. The molecule has 0 aliphatic carbocycles. The molecule has 2 aromatic heterocycles. The third kappa shape index (κ3) is 4.06. The van der Waals surface area contributed by atoms with E-state index in [0.29, 0.717) is 28.4 Å². The number of carbonyl (C=O) groups is 1. The van der Waals surface area contributed by atoms with Crippen LogP contribution in [0.4, 0.5) is 0 Å². The number of carbonyl (C=O) groups excluding carboxylic acids is 1. The fraction of sp³-hybridized carbons (Fsp3) is 0.273. The van der Waals surface area contributed by atoms with Gasteiger partial charge in [0.25, 0.3) is 5.56 Å². The van der Waals surface area contributed by atoms with Crippen LogP contribution in [0.2, 0.25) is 0 Å². The fourth-order valence-electron chi connectivity index (χ4n) is 3.54. The van der Waals surface area contributed by atoms with Gasteiger partial charge in [-0.1, -0.05) is 42.1 Å². The van der Waals surface area contributed by atoms with Crippen molar-refractivity contribution in [3.63, 3.8) is 0 Å². The molecule has 0 spiro atoms. The van der Waals surface area contributed by atoms with E-state index in [1.807, 2.05) is 60.7 Å². The number of amides is 1. The van der Waals surface area contributed by atoms with E-state index in [-0.39, 0.29) is 23.3 Å². The van der Waals surface area contributed by atoms with Crippen molar-refractivity contribution >= 4 is 34.3 Å². The number of rotatable bonds is 7. The number of benzene rings is 2. The molecule has 0 aliphatic rings. The zero-order valence-electron chi connectivity index (χ0n) is 17.5. The molecule has 2 aromatic carbocycles. The molecule has 8 nitrogen and oxygen atoms in total. The quantitative estimate of drug-likeness (QED) is 0.447. The Morgan fingerprint density at radius 1 is 1.16 bits per heavy atom. The van der Waals surface area contributed by atoms with E-state index >= 15 is 0 Å². The summed E-state index contributed by atoms with van der Waals surface area (Å²) in [5.41, 5.74) is 2.24. The van der Waals surface area contributed by atoms with Crippen molar-refractivity contribution in [2.75, 3.05) is 19.5 Å². The molecule has 1 atom stereocenters. The topological polar surface area (TPSA) is 90.5 Å². The molecule has 0 fully saturated rings. The van der Waals surface area contributed by atoms with E-state index in [0.717, 1.165) is 11.3 Å². The number of thioether (sulfide) groups is 1. The molecule has 2 heterocycles. The molecule has 31 heavy (non-hydrogen) atoms. The number of methoxy groups -OCH3 is 1. The van der Waals surface area contributed by atoms with Crippen LogP contribution in [0.3, 0.4) is 0 Å². The third-order valence-electron chi connectivity index (χ3n) is 4.91. The molecule has 0 saturated carbocycles. The van der Waals surface area contributed by atoms with E-state index in [1.54, 1.807) is 17.7 Å². The number of hydrogen-bond donors (Lipinski definition) is 1. The van der Waals surface area contributed by atoms with E-state index in [2.05, 4.69) is 15.5 Å². The monoisotopic (exact) mass is 437 g/mol. The second-order valence-corrected chi connectivity index (χ2v) is 8.22. The Hall–Kier alpha value is -3.17. The van der Waals surface area contributed by atoms with E-state index < -0.39 is 0 Å². The summed E-state index contributed by atoms with van der Waals surface area (Å²) in [6.45, 7) is 4.27. The summed E-state index contributed by atoms with van der Waals surface area (Å²) in [5, 5.41) is 12.6. The van der Waals surface area contributed by atoms with Crippen LogP contribution in [-0.2, 0) is 9.53 Å². The van der Waals surface area contributed by atoms with Crippen LogP contribution in [0.25, 0.3) is 22.4 Å².